The molecule has 0 saturated heterocycles. The zero-order valence-corrected chi connectivity index (χ0v) is 10.8. The number of hydrogen-bond acceptors (Lipinski definition) is 5. The molecular weight excluding hydrogens is 268 g/mol. The minimum absolute atomic E-state index is 0.0149. The topological polar surface area (TPSA) is 119 Å². The number of nitrogens with zero attached hydrogens (tertiary/aromatic N) is 1. The number of carboxylic acid groups (broad SMARTS) is 1. The number of carbonyl (C=O) groups is 2. The van der Waals surface area contributed by atoms with E-state index in [9.17, 15) is 19.7 Å². The minimum atomic E-state index is -1.16. The zero-order valence-electron chi connectivity index (χ0n) is 10.8. The number of aliphatic carboxylic acids is 1. The molecule has 0 aliphatic rings. The summed E-state index contributed by atoms with van der Waals surface area (Å²) in [7, 11) is 0. The van der Waals surface area contributed by atoms with Gasteiger partial charge in [0, 0.05) is 18.2 Å². The van der Waals surface area contributed by atoms with Crippen molar-refractivity contribution in [2.75, 3.05) is 13.2 Å². The van der Waals surface area contributed by atoms with Gasteiger partial charge in [0.05, 0.1) is 4.92 Å². The third-order valence-corrected chi connectivity index (χ3v) is 2.55. The van der Waals surface area contributed by atoms with Crippen molar-refractivity contribution in [1.29, 1.82) is 0 Å². The number of amides is 1. The Kier molecular flexibility index (Phi) is 5.60. The number of hydrogen-bond donors (Lipinski definition) is 2. The van der Waals surface area contributed by atoms with E-state index >= 15 is 0 Å². The SMILES string of the molecule is Cc1c(CNC(=O)COCC(=O)O)cccc1[N+](=O)[O-]. The first-order chi connectivity index (χ1) is 9.41. The predicted molar refractivity (Wildman–Crippen MR) is 68.1 cm³/mol. The first-order valence-corrected chi connectivity index (χ1v) is 5.71. The Morgan fingerprint density at radius 1 is 1.40 bits per heavy atom. The van der Waals surface area contributed by atoms with E-state index in [2.05, 4.69) is 10.1 Å². The lowest BCUT2D eigenvalue weighted by molar-refractivity contribution is -0.385. The average molecular weight is 282 g/mol. The van der Waals surface area contributed by atoms with Crippen LogP contribution >= 0.6 is 0 Å². The molecule has 0 unspecified atom stereocenters. The Bertz CT molecular complexity index is 529. The normalized spacial score (nSPS) is 10.1. The molecule has 0 radical (unpaired) electrons. The molecule has 0 saturated carbocycles. The minimum Gasteiger partial charge on any atom is -0.480 e. The molecule has 0 aliphatic carbocycles. The van der Waals surface area contributed by atoms with Crippen molar-refractivity contribution in [2.24, 2.45) is 0 Å². The molecule has 0 heterocycles. The molecule has 0 spiro atoms. The molecule has 1 amide bonds. The largest absolute Gasteiger partial charge is 0.480 e. The van der Waals surface area contributed by atoms with Crippen LogP contribution in [0, 0.1) is 17.0 Å². The second kappa shape index (κ2) is 7.19. The second-order valence-corrected chi connectivity index (χ2v) is 3.98. The van der Waals surface area contributed by atoms with Crippen molar-refractivity contribution in [3.05, 3.63) is 39.4 Å². The van der Waals surface area contributed by atoms with Crippen LogP contribution in [0.5, 0.6) is 0 Å². The van der Waals surface area contributed by atoms with E-state index in [-0.39, 0.29) is 18.8 Å². The number of benzene rings is 1. The van der Waals surface area contributed by atoms with Gasteiger partial charge in [0.2, 0.25) is 5.91 Å². The van der Waals surface area contributed by atoms with Crippen molar-refractivity contribution in [3.8, 4) is 0 Å². The van der Waals surface area contributed by atoms with Gasteiger partial charge >= 0.3 is 5.97 Å². The number of nitro benzene ring substituents is 1. The molecule has 8 nitrogen and oxygen atoms in total. The highest BCUT2D eigenvalue weighted by molar-refractivity contribution is 5.77. The third kappa shape index (κ3) is 4.65. The Morgan fingerprint density at radius 3 is 2.70 bits per heavy atom. The summed E-state index contributed by atoms with van der Waals surface area (Å²) in [6.07, 6.45) is 0. The molecule has 20 heavy (non-hydrogen) atoms. The molecular formula is C12H14N2O6. The van der Waals surface area contributed by atoms with Crippen LogP contribution < -0.4 is 5.32 Å². The molecule has 0 aromatic heterocycles. The summed E-state index contributed by atoms with van der Waals surface area (Å²) >= 11 is 0. The summed E-state index contributed by atoms with van der Waals surface area (Å²) in [5.74, 6) is -1.65. The van der Waals surface area contributed by atoms with Gasteiger partial charge in [-0.15, -0.1) is 0 Å². The van der Waals surface area contributed by atoms with Crippen LogP contribution in [0.25, 0.3) is 0 Å². The molecule has 1 aromatic rings. The van der Waals surface area contributed by atoms with E-state index in [4.69, 9.17) is 5.11 Å². The molecule has 0 bridgehead atoms. The molecule has 8 heteroatoms. The third-order valence-electron chi connectivity index (χ3n) is 2.55. The summed E-state index contributed by atoms with van der Waals surface area (Å²) in [5.41, 5.74) is 1.08. The lowest BCUT2D eigenvalue weighted by Gasteiger charge is -2.08. The molecule has 1 aromatic carbocycles. The Hall–Kier alpha value is -2.48. The fourth-order valence-electron chi connectivity index (χ4n) is 1.54. The van der Waals surface area contributed by atoms with Crippen LogP contribution in [0.1, 0.15) is 11.1 Å². The Balaban J connectivity index is 2.53. The van der Waals surface area contributed by atoms with Gasteiger partial charge in [-0.2, -0.15) is 0 Å². The molecule has 108 valence electrons. The van der Waals surface area contributed by atoms with E-state index in [1.54, 1.807) is 13.0 Å². The lowest BCUT2D eigenvalue weighted by atomic mass is 10.1. The number of rotatable bonds is 7. The predicted octanol–water partition coefficient (Wildman–Crippen LogP) is 0.621. The maximum atomic E-state index is 11.4. The van der Waals surface area contributed by atoms with E-state index in [0.717, 1.165) is 0 Å². The number of carboxylic acids is 1. The van der Waals surface area contributed by atoms with Gasteiger partial charge < -0.3 is 15.2 Å². The number of carbonyl (C=O) groups excluding carboxylic acids is 1. The highest BCUT2D eigenvalue weighted by Crippen LogP contribution is 2.20. The summed E-state index contributed by atoms with van der Waals surface area (Å²) in [4.78, 5) is 31.8. The van der Waals surface area contributed by atoms with Crippen LogP contribution in [0.15, 0.2) is 18.2 Å². The molecule has 0 fully saturated rings. The molecule has 0 atom stereocenters. The summed E-state index contributed by atoms with van der Waals surface area (Å²) < 4.78 is 4.62. The summed E-state index contributed by atoms with van der Waals surface area (Å²) in [6.45, 7) is 0.785. The lowest BCUT2D eigenvalue weighted by Crippen LogP contribution is -2.28. The monoisotopic (exact) mass is 282 g/mol. The molecule has 2 N–H and O–H groups in total. The van der Waals surface area contributed by atoms with Crippen LogP contribution in [0.3, 0.4) is 0 Å². The van der Waals surface area contributed by atoms with E-state index < -0.39 is 23.4 Å². The van der Waals surface area contributed by atoms with E-state index in [0.29, 0.717) is 11.1 Å². The number of ether oxygens (including phenoxy) is 1. The van der Waals surface area contributed by atoms with Crippen molar-refractivity contribution in [1.82, 2.24) is 5.32 Å². The van der Waals surface area contributed by atoms with Gasteiger partial charge in [0.1, 0.15) is 13.2 Å². The maximum absolute atomic E-state index is 11.4. The van der Waals surface area contributed by atoms with Gasteiger partial charge in [0.25, 0.3) is 5.69 Å². The van der Waals surface area contributed by atoms with E-state index in [1.807, 2.05) is 0 Å². The van der Waals surface area contributed by atoms with Crippen LogP contribution in [-0.4, -0.2) is 35.1 Å². The zero-order chi connectivity index (χ0) is 15.1. The Morgan fingerprint density at radius 2 is 2.10 bits per heavy atom. The first kappa shape index (κ1) is 15.6. The van der Waals surface area contributed by atoms with Crippen molar-refractivity contribution >= 4 is 17.6 Å². The molecule has 0 aliphatic heterocycles. The van der Waals surface area contributed by atoms with Gasteiger partial charge in [-0.05, 0) is 12.5 Å². The second-order valence-electron chi connectivity index (χ2n) is 3.98. The Labute approximate surface area is 114 Å². The van der Waals surface area contributed by atoms with Gasteiger partial charge in [-0.25, -0.2) is 4.79 Å². The first-order valence-electron chi connectivity index (χ1n) is 5.71. The highest BCUT2D eigenvalue weighted by Gasteiger charge is 2.13. The van der Waals surface area contributed by atoms with Crippen molar-refractivity contribution in [3.63, 3.8) is 0 Å². The fraction of sp³-hybridized carbons (Fsp3) is 0.333. The number of nitrogens with one attached hydrogen (secondary N) is 1. The maximum Gasteiger partial charge on any atom is 0.329 e. The average Bonchev–Trinajstić information content (AvgIpc) is 2.36. The smallest absolute Gasteiger partial charge is 0.329 e. The van der Waals surface area contributed by atoms with Crippen molar-refractivity contribution < 1.29 is 24.4 Å². The standard InChI is InChI=1S/C12H14N2O6/c1-8-9(3-2-4-10(8)14(18)19)5-13-11(15)6-20-7-12(16)17/h2-4H,5-7H2,1H3,(H,13,15)(H,16,17). The van der Waals surface area contributed by atoms with E-state index in [1.165, 1.54) is 12.1 Å². The summed E-state index contributed by atoms with van der Waals surface area (Å²) in [6, 6.07) is 4.59. The highest BCUT2D eigenvalue weighted by atomic mass is 16.6. The van der Waals surface area contributed by atoms with Gasteiger partial charge in [0.15, 0.2) is 0 Å². The number of nitro groups is 1. The summed E-state index contributed by atoms with van der Waals surface area (Å²) in [5, 5.41) is 21.6. The van der Waals surface area contributed by atoms with Gasteiger partial charge in [-0.3, -0.25) is 14.9 Å². The van der Waals surface area contributed by atoms with Crippen LogP contribution in [0.2, 0.25) is 0 Å². The quantitative estimate of drug-likeness (QED) is 0.559. The molecule has 1 rings (SSSR count). The van der Waals surface area contributed by atoms with Gasteiger partial charge in [-0.1, -0.05) is 12.1 Å². The van der Waals surface area contributed by atoms with Crippen molar-refractivity contribution in [2.45, 2.75) is 13.5 Å². The fourth-order valence-corrected chi connectivity index (χ4v) is 1.54. The van der Waals surface area contributed by atoms with Crippen LogP contribution in [0.4, 0.5) is 5.69 Å². The van der Waals surface area contributed by atoms with Crippen LogP contribution in [-0.2, 0) is 20.9 Å².